The fourth-order valence-electron chi connectivity index (χ4n) is 2.02. The number of aromatic carboxylic acids is 1. The van der Waals surface area contributed by atoms with Crippen molar-refractivity contribution in [1.82, 2.24) is 0 Å². The second-order valence-electron chi connectivity index (χ2n) is 5.36. The van der Waals surface area contributed by atoms with Crippen LogP contribution in [0.5, 0.6) is 11.5 Å². The van der Waals surface area contributed by atoms with Crippen molar-refractivity contribution in [2.24, 2.45) is 0 Å². The highest BCUT2D eigenvalue weighted by Gasteiger charge is 2.12. The van der Waals surface area contributed by atoms with E-state index < -0.39 is 11.7 Å². The average molecular weight is 329 g/mol. The predicted molar refractivity (Wildman–Crippen MR) is 89.8 cm³/mol. The van der Waals surface area contributed by atoms with Gasteiger partial charge in [-0.15, -0.1) is 0 Å². The zero-order valence-electron chi connectivity index (χ0n) is 13.4. The predicted octanol–water partition coefficient (Wildman–Crippen LogP) is 3.52. The molecule has 0 saturated heterocycles. The zero-order chi connectivity index (χ0) is 17.7. The molecule has 0 saturated carbocycles. The van der Waals surface area contributed by atoms with E-state index in [1.807, 2.05) is 13.8 Å². The van der Waals surface area contributed by atoms with Gasteiger partial charge in [-0.05, 0) is 43.7 Å². The normalized spacial score (nSPS) is 11.6. The number of anilines is 1. The van der Waals surface area contributed by atoms with Gasteiger partial charge in [0.1, 0.15) is 17.1 Å². The van der Waals surface area contributed by atoms with Crippen LogP contribution in [0.25, 0.3) is 0 Å². The number of carbonyl (C=O) groups excluding carboxylic acids is 1. The highest BCUT2D eigenvalue weighted by Crippen LogP contribution is 2.23. The molecule has 1 atom stereocenters. The number of benzene rings is 2. The molecule has 0 aliphatic heterocycles. The molecule has 0 fully saturated rings. The van der Waals surface area contributed by atoms with Crippen LogP contribution >= 0.6 is 0 Å². The van der Waals surface area contributed by atoms with E-state index in [0.29, 0.717) is 17.0 Å². The summed E-state index contributed by atoms with van der Waals surface area (Å²) < 4.78 is 5.68. The fourth-order valence-corrected chi connectivity index (χ4v) is 2.02. The van der Waals surface area contributed by atoms with Gasteiger partial charge in [0.05, 0.1) is 6.10 Å². The number of phenols is 1. The second-order valence-corrected chi connectivity index (χ2v) is 5.36. The monoisotopic (exact) mass is 329 g/mol. The van der Waals surface area contributed by atoms with Gasteiger partial charge in [-0.2, -0.15) is 0 Å². The van der Waals surface area contributed by atoms with Gasteiger partial charge in [0, 0.05) is 17.3 Å². The standard InChI is InChI=1S/C18H19NO5/c1-3-11(2)24-14-6-4-5-12(9-14)17(21)19-13-7-8-15(18(22)23)16(20)10-13/h4-11,20H,3H2,1-2H3,(H,19,21)(H,22,23). The lowest BCUT2D eigenvalue weighted by Gasteiger charge is -2.13. The average Bonchev–Trinajstić information content (AvgIpc) is 2.54. The molecule has 0 spiro atoms. The van der Waals surface area contributed by atoms with Crippen LogP contribution in [-0.2, 0) is 0 Å². The summed E-state index contributed by atoms with van der Waals surface area (Å²) in [4.78, 5) is 23.2. The number of aromatic hydroxyl groups is 1. The highest BCUT2D eigenvalue weighted by molar-refractivity contribution is 6.05. The Morgan fingerprint density at radius 2 is 1.96 bits per heavy atom. The molecule has 1 unspecified atom stereocenters. The Balaban J connectivity index is 2.14. The Kier molecular flexibility index (Phi) is 5.42. The van der Waals surface area contributed by atoms with Crippen LogP contribution in [-0.4, -0.2) is 28.2 Å². The summed E-state index contributed by atoms with van der Waals surface area (Å²) in [7, 11) is 0. The SMILES string of the molecule is CCC(C)Oc1cccc(C(=O)Nc2ccc(C(=O)O)c(O)c2)c1. The minimum Gasteiger partial charge on any atom is -0.507 e. The number of carboxylic acids is 1. The quantitative estimate of drug-likeness (QED) is 0.753. The molecule has 6 nitrogen and oxygen atoms in total. The van der Waals surface area contributed by atoms with E-state index in [0.717, 1.165) is 6.42 Å². The molecular weight excluding hydrogens is 310 g/mol. The molecule has 1 amide bonds. The molecular formula is C18H19NO5. The summed E-state index contributed by atoms with van der Waals surface area (Å²) in [5, 5.41) is 21.2. The number of amides is 1. The first-order valence-corrected chi connectivity index (χ1v) is 7.55. The summed E-state index contributed by atoms with van der Waals surface area (Å²) in [5.74, 6) is -1.43. The van der Waals surface area contributed by atoms with Gasteiger partial charge < -0.3 is 20.3 Å². The van der Waals surface area contributed by atoms with Crippen LogP contribution in [0.1, 0.15) is 41.0 Å². The van der Waals surface area contributed by atoms with E-state index in [2.05, 4.69) is 5.32 Å². The molecule has 24 heavy (non-hydrogen) atoms. The minimum atomic E-state index is -1.24. The van der Waals surface area contributed by atoms with Gasteiger partial charge in [-0.1, -0.05) is 13.0 Å². The highest BCUT2D eigenvalue weighted by atomic mass is 16.5. The van der Waals surface area contributed by atoms with Gasteiger partial charge in [0.25, 0.3) is 5.91 Å². The first-order valence-electron chi connectivity index (χ1n) is 7.55. The summed E-state index contributed by atoms with van der Waals surface area (Å²) in [5.41, 5.74) is 0.477. The van der Waals surface area contributed by atoms with Crippen molar-refractivity contribution in [2.75, 3.05) is 5.32 Å². The van der Waals surface area contributed by atoms with Crippen molar-refractivity contribution in [3.05, 3.63) is 53.6 Å². The third-order valence-electron chi connectivity index (χ3n) is 3.49. The number of carbonyl (C=O) groups is 2. The summed E-state index contributed by atoms with van der Waals surface area (Å²) in [6.45, 7) is 3.95. The van der Waals surface area contributed by atoms with E-state index in [-0.39, 0.29) is 17.6 Å². The maximum Gasteiger partial charge on any atom is 0.339 e. The third kappa shape index (κ3) is 4.25. The number of ether oxygens (including phenoxy) is 1. The van der Waals surface area contributed by atoms with Crippen LogP contribution in [0, 0.1) is 0 Å². The first-order chi connectivity index (χ1) is 11.4. The molecule has 0 aromatic heterocycles. The Bertz CT molecular complexity index is 757. The van der Waals surface area contributed by atoms with E-state index in [1.54, 1.807) is 24.3 Å². The third-order valence-corrected chi connectivity index (χ3v) is 3.49. The van der Waals surface area contributed by atoms with Crippen molar-refractivity contribution in [3.63, 3.8) is 0 Å². The van der Waals surface area contributed by atoms with Gasteiger partial charge in [-0.3, -0.25) is 4.79 Å². The van der Waals surface area contributed by atoms with Crippen LogP contribution in [0.4, 0.5) is 5.69 Å². The number of carboxylic acid groups (broad SMARTS) is 1. The molecule has 0 radical (unpaired) electrons. The minimum absolute atomic E-state index is 0.0452. The lowest BCUT2D eigenvalue weighted by Crippen LogP contribution is -2.13. The topological polar surface area (TPSA) is 95.9 Å². The Hall–Kier alpha value is -3.02. The molecule has 0 bridgehead atoms. The maximum absolute atomic E-state index is 12.3. The zero-order valence-corrected chi connectivity index (χ0v) is 13.4. The van der Waals surface area contributed by atoms with Gasteiger partial charge in [0.15, 0.2) is 0 Å². The van der Waals surface area contributed by atoms with Gasteiger partial charge in [0.2, 0.25) is 0 Å². The van der Waals surface area contributed by atoms with E-state index in [4.69, 9.17) is 9.84 Å². The summed E-state index contributed by atoms with van der Waals surface area (Å²) in [6, 6.07) is 10.6. The van der Waals surface area contributed by atoms with Crippen molar-refractivity contribution in [1.29, 1.82) is 0 Å². The summed E-state index contributed by atoms with van der Waals surface area (Å²) >= 11 is 0. The van der Waals surface area contributed by atoms with Gasteiger partial charge in [-0.25, -0.2) is 4.79 Å². The van der Waals surface area contributed by atoms with E-state index >= 15 is 0 Å². The Labute approximate surface area is 139 Å². The van der Waals surface area contributed by atoms with Crippen molar-refractivity contribution >= 4 is 17.6 Å². The lowest BCUT2D eigenvalue weighted by molar-refractivity contribution is 0.0693. The smallest absolute Gasteiger partial charge is 0.339 e. The number of hydrogen-bond donors (Lipinski definition) is 3. The first kappa shape index (κ1) is 17.3. The molecule has 0 heterocycles. The second kappa shape index (κ2) is 7.50. The van der Waals surface area contributed by atoms with Crippen LogP contribution < -0.4 is 10.1 Å². The van der Waals surface area contributed by atoms with Crippen LogP contribution in [0.15, 0.2) is 42.5 Å². The van der Waals surface area contributed by atoms with E-state index in [1.165, 1.54) is 18.2 Å². The molecule has 2 aromatic rings. The number of nitrogens with one attached hydrogen (secondary N) is 1. The fraction of sp³-hybridized carbons (Fsp3) is 0.222. The van der Waals surface area contributed by atoms with Crippen molar-refractivity contribution in [2.45, 2.75) is 26.4 Å². The largest absolute Gasteiger partial charge is 0.507 e. The van der Waals surface area contributed by atoms with Crippen LogP contribution in [0.2, 0.25) is 0 Å². The Morgan fingerprint density at radius 3 is 2.58 bits per heavy atom. The summed E-state index contributed by atoms with van der Waals surface area (Å²) in [6.07, 6.45) is 0.898. The van der Waals surface area contributed by atoms with Crippen LogP contribution in [0.3, 0.4) is 0 Å². The number of hydrogen-bond acceptors (Lipinski definition) is 4. The van der Waals surface area contributed by atoms with Crippen molar-refractivity contribution < 1.29 is 24.5 Å². The number of rotatable bonds is 6. The molecule has 126 valence electrons. The lowest BCUT2D eigenvalue weighted by atomic mass is 10.1. The van der Waals surface area contributed by atoms with Crippen molar-refractivity contribution in [3.8, 4) is 11.5 Å². The molecule has 2 rings (SSSR count). The Morgan fingerprint density at radius 1 is 1.21 bits per heavy atom. The van der Waals surface area contributed by atoms with E-state index in [9.17, 15) is 14.7 Å². The van der Waals surface area contributed by atoms with Gasteiger partial charge >= 0.3 is 5.97 Å². The molecule has 6 heteroatoms. The molecule has 2 aromatic carbocycles. The molecule has 0 aliphatic carbocycles. The molecule has 0 aliphatic rings. The molecule has 3 N–H and O–H groups in total. The maximum atomic E-state index is 12.3.